The Bertz CT molecular complexity index is 455. The van der Waals surface area contributed by atoms with E-state index in [4.69, 9.17) is 5.11 Å². The van der Waals surface area contributed by atoms with Gasteiger partial charge in [-0.15, -0.1) is 0 Å². The Labute approximate surface area is 95.0 Å². The first kappa shape index (κ1) is 11.9. The van der Waals surface area contributed by atoms with Crippen molar-refractivity contribution in [3.05, 3.63) is 35.4 Å². The molecule has 0 amide bonds. The Morgan fingerprint density at radius 1 is 1.24 bits per heavy atom. The van der Waals surface area contributed by atoms with Crippen molar-refractivity contribution in [2.75, 3.05) is 0 Å². The number of hydrogen-bond donors (Lipinski definition) is 4. The largest absolute Gasteiger partial charge is 0.481 e. The zero-order valence-electron chi connectivity index (χ0n) is 8.52. The lowest BCUT2D eigenvalue weighted by Gasteiger charge is -2.16. The van der Waals surface area contributed by atoms with Gasteiger partial charge in [0.15, 0.2) is 11.6 Å². The Kier molecular flexibility index (Phi) is 3.05. The molecule has 1 aliphatic rings. The topological polar surface area (TPSA) is 81.6 Å². The summed E-state index contributed by atoms with van der Waals surface area (Å²) in [7, 11) is 0. The van der Waals surface area contributed by atoms with Crippen molar-refractivity contribution in [2.45, 2.75) is 12.3 Å². The van der Waals surface area contributed by atoms with Crippen LogP contribution >= 0.6 is 0 Å². The summed E-state index contributed by atoms with van der Waals surface area (Å²) in [5, 5.41) is 18.3. The summed E-state index contributed by atoms with van der Waals surface area (Å²) >= 11 is 0. The molecule has 3 atom stereocenters. The van der Waals surface area contributed by atoms with Crippen molar-refractivity contribution < 1.29 is 23.8 Å². The van der Waals surface area contributed by atoms with Crippen LogP contribution in [0.4, 0.5) is 8.78 Å². The molecule has 0 aromatic heterocycles. The molecule has 92 valence electrons. The van der Waals surface area contributed by atoms with Gasteiger partial charge in [-0.25, -0.2) is 19.6 Å². The van der Waals surface area contributed by atoms with Gasteiger partial charge in [0.2, 0.25) is 0 Å². The number of aliphatic carboxylic acids is 1. The Morgan fingerprint density at radius 3 is 2.53 bits per heavy atom. The maximum atomic E-state index is 13.0. The third-order valence-electron chi connectivity index (χ3n) is 2.67. The van der Waals surface area contributed by atoms with Crippen LogP contribution in [0.1, 0.15) is 11.6 Å². The number of nitrogens with one attached hydrogen (secondary N) is 2. The van der Waals surface area contributed by atoms with Gasteiger partial charge >= 0.3 is 5.97 Å². The highest BCUT2D eigenvalue weighted by Gasteiger charge is 2.41. The molecule has 5 nitrogen and oxygen atoms in total. The van der Waals surface area contributed by atoms with Crippen LogP contribution in [0.25, 0.3) is 0 Å². The fourth-order valence-electron chi connectivity index (χ4n) is 1.81. The van der Waals surface area contributed by atoms with E-state index in [1.165, 1.54) is 6.07 Å². The highest BCUT2D eigenvalue weighted by atomic mass is 19.2. The maximum absolute atomic E-state index is 13.0. The molecule has 1 fully saturated rings. The summed E-state index contributed by atoms with van der Waals surface area (Å²) in [6.07, 6.45) is -1.29. The fourth-order valence-corrected chi connectivity index (χ4v) is 1.81. The van der Waals surface area contributed by atoms with E-state index in [9.17, 15) is 18.7 Å². The molecular weight excluding hydrogens is 234 g/mol. The van der Waals surface area contributed by atoms with Crippen molar-refractivity contribution in [3.8, 4) is 0 Å². The molecule has 1 aromatic rings. The summed E-state index contributed by atoms with van der Waals surface area (Å²) in [5.41, 5.74) is 5.12. The third-order valence-corrected chi connectivity index (χ3v) is 2.67. The average Bonchev–Trinajstić information content (AvgIpc) is 2.64. The monoisotopic (exact) mass is 244 g/mol. The molecule has 4 N–H and O–H groups in total. The molecule has 17 heavy (non-hydrogen) atoms. The molecule has 0 bridgehead atoms. The number of aliphatic hydroxyl groups excluding tert-OH is 1. The Hall–Kier alpha value is -1.57. The number of aliphatic hydroxyl groups is 1. The van der Waals surface area contributed by atoms with Gasteiger partial charge in [-0.2, -0.15) is 0 Å². The second-order valence-electron chi connectivity index (χ2n) is 3.75. The number of benzene rings is 1. The van der Waals surface area contributed by atoms with Crippen LogP contribution in [0.2, 0.25) is 0 Å². The fraction of sp³-hybridized carbons (Fsp3) is 0.300. The highest BCUT2D eigenvalue weighted by molar-refractivity contribution is 5.72. The molecule has 0 spiro atoms. The van der Waals surface area contributed by atoms with Crippen LogP contribution in [-0.2, 0) is 4.79 Å². The molecule has 1 saturated heterocycles. The predicted octanol–water partition coefficient (Wildman–Crippen LogP) is 0.133. The van der Waals surface area contributed by atoms with Crippen molar-refractivity contribution in [3.63, 3.8) is 0 Å². The molecular formula is C10H10F2N2O3. The maximum Gasteiger partial charge on any atom is 0.312 e. The molecule has 0 radical (unpaired) electrons. The number of carbonyl (C=O) groups is 1. The first-order valence-corrected chi connectivity index (χ1v) is 4.87. The van der Waals surface area contributed by atoms with E-state index in [1.807, 2.05) is 0 Å². The van der Waals surface area contributed by atoms with E-state index in [1.54, 1.807) is 0 Å². The van der Waals surface area contributed by atoms with Gasteiger partial charge in [-0.3, -0.25) is 4.79 Å². The van der Waals surface area contributed by atoms with Crippen LogP contribution in [0, 0.1) is 17.6 Å². The lowest BCUT2D eigenvalue weighted by atomic mass is 9.94. The van der Waals surface area contributed by atoms with Gasteiger partial charge in [0.1, 0.15) is 12.1 Å². The first-order valence-electron chi connectivity index (χ1n) is 4.87. The summed E-state index contributed by atoms with van der Waals surface area (Å²) in [5.74, 6) is -4.47. The predicted molar refractivity (Wildman–Crippen MR) is 52.5 cm³/mol. The number of carboxylic acids is 1. The number of halogens is 2. The van der Waals surface area contributed by atoms with Crippen molar-refractivity contribution >= 4 is 5.97 Å². The van der Waals surface area contributed by atoms with Crippen LogP contribution < -0.4 is 10.9 Å². The second-order valence-corrected chi connectivity index (χ2v) is 3.75. The molecule has 3 unspecified atom stereocenters. The van der Waals surface area contributed by atoms with E-state index in [0.717, 1.165) is 12.1 Å². The molecule has 7 heteroatoms. The summed E-state index contributed by atoms with van der Waals surface area (Å²) < 4.78 is 25.8. The standard InChI is InChI=1S/C10H10F2N2O3/c11-5-2-1-4(3-6(5)12)8-7(10(16)17)9(15)14-13-8/h1-3,7-9,13-15H,(H,16,17). The zero-order chi connectivity index (χ0) is 12.6. The minimum atomic E-state index is -1.29. The summed E-state index contributed by atoms with van der Waals surface area (Å²) in [4.78, 5) is 10.9. The minimum Gasteiger partial charge on any atom is -0.481 e. The zero-order valence-corrected chi connectivity index (χ0v) is 8.52. The minimum absolute atomic E-state index is 0.250. The van der Waals surface area contributed by atoms with Gasteiger partial charge < -0.3 is 10.2 Å². The summed E-state index contributed by atoms with van der Waals surface area (Å²) in [6.45, 7) is 0. The molecule has 1 aromatic carbocycles. The molecule has 0 saturated carbocycles. The smallest absolute Gasteiger partial charge is 0.312 e. The number of carboxylic acid groups (broad SMARTS) is 1. The van der Waals surface area contributed by atoms with Crippen LogP contribution in [-0.4, -0.2) is 22.4 Å². The molecule has 1 heterocycles. The summed E-state index contributed by atoms with van der Waals surface area (Å²) in [6, 6.07) is 2.27. The third kappa shape index (κ3) is 2.12. The van der Waals surface area contributed by atoms with Gasteiger partial charge in [0.05, 0.1) is 6.04 Å². The number of rotatable bonds is 2. The van der Waals surface area contributed by atoms with Crippen molar-refractivity contribution in [2.24, 2.45) is 5.92 Å². The first-order chi connectivity index (χ1) is 8.00. The van der Waals surface area contributed by atoms with Gasteiger partial charge in [0, 0.05) is 0 Å². The van der Waals surface area contributed by atoms with Crippen LogP contribution in [0.5, 0.6) is 0 Å². The van der Waals surface area contributed by atoms with Gasteiger partial charge in [-0.1, -0.05) is 6.07 Å². The van der Waals surface area contributed by atoms with E-state index in [-0.39, 0.29) is 5.56 Å². The molecule has 0 aliphatic carbocycles. The SMILES string of the molecule is O=C(O)C1C(O)NNC1c1ccc(F)c(F)c1. The molecule has 2 rings (SSSR count). The van der Waals surface area contributed by atoms with Crippen molar-refractivity contribution in [1.82, 2.24) is 10.9 Å². The van der Waals surface area contributed by atoms with E-state index < -0.39 is 35.8 Å². The van der Waals surface area contributed by atoms with Gasteiger partial charge in [0.25, 0.3) is 0 Å². The number of hydrogen-bond acceptors (Lipinski definition) is 4. The molecule has 1 aliphatic heterocycles. The normalized spacial score (nSPS) is 28.3. The van der Waals surface area contributed by atoms with Crippen LogP contribution in [0.3, 0.4) is 0 Å². The Morgan fingerprint density at radius 2 is 1.94 bits per heavy atom. The average molecular weight is 244 g/mol. The number of hydrazine groups is 1. The van der Waals surface area contributed by atoms with Gasteiger partial charge in [-0.05, 0) is 17.7 Å². The second kappa shape index (κ2) is 4.36. The van der Waals surface area contributed by atoms with Crippen LogP contribution in [0.15, 0.2) is 18.2 Å². The Balaban J connectivity index is 2.32. The quantitative estimate of drug-likeness (QED) is 0.594. The van der Waals surface area contributed by atoms with E-state index in [2.05, 4.69) is 10.9 Å². The highest BCUT2D eigenvalue weighted by Crippen LogP contribution is 2.28. The lowest BCUT2D eigenvalue weighted by Crippen LogP contribution is -2.33. The van der Waals surface area contributed by atoms with E-state index >= 15 is 0 Å². The lowest BCUT2D eigenvalue weighted by molar-refractivity contribution is -0.145. The van der Waals surface area contributed by atoms with Crippen molar-refractivity contribution in [1.29, 1.82) is 0 Å². The van der Waals surface area contributed by atoms with E-state index in [0.29, 0.717) is 0 Å².